The molecule has 0 saturated heterocycles. The van der Waals surface area contributed by atoms with Crippen molar-refractivity contribution in [3.8, 4) is 0 Å². The molecule has 0 saturated carbocycles. The van der Waals surface area contributed by atoms with Crippen LogP contribution in [0.3, 0.4) is 0 Å². The molecule has 7 nitrogen and oxygen atoms in total. The Kier molecular flexibility index (Phi) is 6.04. The van der Waals surface area contributed by atoms with E-state index in [-0.39, 0.29) is 5.91 Å². The van der Waals surface area contributed by atoms with E-state index in [1.165, 1.54) is 0 Å². The molecule has 0 bridgehead atoms. The Labute approximate surface area is 165 Å². The number of fused-ring (bicyclic) bond motifs is 1. The SMILES string of the molecule is CCc1cc(Nc2nccn3c(I)cnc23)ccc1C(=O)NCCCN. The van der Waals surface area contributed by atoms with Crippen LogP contribution in [0.5, 0.6) is 0 Å². The van der Waals surface area contributed by atoms with Crippen LogP contribution in [0.1, 0.15) is 29.3 Å². The van der Waals surface area contributed by atoms with E-state index < -0.39 is 0 Å². The lowest BCUT2D eigenvalue weighted by atomic mass is 10.0. The average molecular weight is 464 g/mol. The fourth-order valence-corrected chi connectivity index (χ4v) is 3.23. The molecule has 0 atom stereocenters. The predicted molar refractivity (Wildman–Crippen MR) is 111 cm³/mol. The maximum Gasteiger partial charge on any atom is 0.251 e. The van der Waals surface area contributed by atoms with Gasteiger partial charge in [0.1, 0.15) is 3.70 Å². The molecule has 2 heterocycles. The molecular weight excluding hydrogens is 443 g/mol. The molecule has 1 aromatic carbocycles. The van der Waals surface area contributed by atoms with Gasteiger partial charge in [0.2, 0.25) is 0 Å². The Morgan fingerprint density at radius 1 is 1.35 bits per heavy atom. The van der Waals surface area contributed by atoms with Gasteiger partial charge in [-0.2, -0.15) is 0 Å². The average Bonchev–Trinajstić information content (AvgIpc) is 3.04. The van der Waals surface area contributed by atoms with Gasteiger partial charge >= 0.3 is 0 Å². The highest BCUT2D eigenvalue weighted by molar-refractivity contribution is 14.1. The van der Waals surface area contributed by atoms with Crippen molar-refractivity contribution >= 4 is 45.7 Å². The monoisotopic (exact) mass is 464 g/mol. The number of amides is 1. The zero-order chi connectivity index (χ0) is 18.5. The zero-order valence-electron chi connectivity index (χ0n) is 14.5. The number of carbonyl (C=O) groups excluding carboxylic acids is 1. The number of halogens is 1. The van der Waals surface area contributed by atoms with Gasteiger partial charge in [0.05, 0.1) is 6.20 Å². The molecule has 3 rings (SSSR count). The summed E-state index contributed by atoms with van der Waals surface area (Å²) in [6, 6.07) is 5.71. The van der Waals surface area contributed by atoms with E-state index in [4.69, 9.17) is 5.73 Å². The maximum absolute atomic E-state index is 12.3. The molecule has 8 heteroatoms. The summed E-state index contributed by atoms with van der Waals surface area (Å²) in [7, 11) is 0. The third kappa shape index (κ3) is 3.96. The van der Waals surface area contributed by atoms with Crippen LogP contribution in [0.2, 0.25) is 0 Å². The number of hydrogen-bond acceptors (Lipinski definition) is 5. The Hall–Kier alpha value is -2.20. The Morgan fingerprint density at radius 3 is 2.96 bits per heavy atom. The van der Waals surface area contributed by atoms with Gasteiger partial charge in [0, 0.05) is 30.2 Å². The molecule has 0 spiro atoms. The minimum absolute atomic E-state index is 0.0649. The minimum Gasteiger partial charge on any atom is -0.352 e. The summed E-state index contributed by atoms with van der Waals surface area (Å²) >= 11 is 2.23. The number of rotatable bonds is 7. The molecule has 0 aliphatic carbocycles. The lowest BCUT2D eigenvalue weighted by Gasteiger charge is -2.12. The minimum atomic E-state index is -0.0649. The summed E-state index contributed by atoms with van der Waals surface area (Å²) in [5, 5.41) is 6.21. The first kappa shape index (κ1) is 18.6. The number of anilines is 2. The Balaban J connectivity index is 1.84. The van der Waals surface area contributed by atoms with Crippen LogP contribution in [-0.2, 0) is 6.42 Å². The van der Waals surface area contributed by atoms with Crippen LogP contribution in [-0.4, -0.2) is 33.4 Å². The van der Waals surface area contributed by atoms with Gasteiger partial charge in [0.15, 0.2) is 11.5 Å². The molecule has 4 N–H and O–H groups in total. The molecule has 0 radical (unpaired) electrons. The highest BCUT2D eigenvalue weighted by atomic mass is 127. The molecular formula is C18H21IN6O. The van der Waals surface area contributed by atoms with Crippen LogP contribution >= 0.6 is 22.6 Å². The topological polar surface area (TPSA) is 97.3 Å². The van der Waals surface area contributed by atoms with Crippen LogP contribution < -0.4 is 16.4 Å². The predicted octanol–water partition coefficient (Wildman–Crippen LogP) is 2.72. The molecule has 1 amide bonds. The number of nitrogens with zero attached hydrogens (tertiary/aromatic N) is 3. The van der Waals surface area contributed by atoms with Crippen molar-refractivity contribution in [3.63, 3.8) is 0 Å². The molecule has 0 unspecified atom stereocenters. The van der Waals surface area contributed by atoms with E-state index in [0.717, 1.165) is 33.4 Å². The number of imidazole rings is 1. The molecule has 3 aromatic rings. The van der Waals surface area contributed by atoms with Gasteiger partial charge in [-0.05, 0) is 65.7 Å². The number of benzene rings is 1. The lowest BCUT2D eigenvalue weighted by Crippen LogP contribution is -2.26. The molecule has 26 heavy (non-hydrogen) atoms. The molecule has 136 valence electrons. The zero-order valence-corrected chi connectivity index (χ0v) is 16.7. The third-order valence-electron chi connectivity index (χ3n) is 4.04. The van der Waals surface area contributed by atoms with Crippen molar-refractivity contribution in [1.82, 2.24) is 19.7 Å². The Bertz CT molecular complexity index is 923. The van der Waals surface area contributed by atoms with Crippen molar-refractivity contribution in [1.29, 1.82) is 0 Å². The van der Waals surface area contributed by atoms with Gasteiger partial charge in [0.25, 0.3) is 5.91 Å². The van der Waals surface area contributed by atoms with E-state index in [0.29, 0.717) is 24.5 Å². The second-order valence-electron chi connectivity index (χ2n) is 5.80. The normalized spacial score (nSPS) is 10.9. The molecule has 0 aliphatic heterocycles. The number of aromatic nitrogens is 3. The highest BCUT2D eigenvalue weighted by Crippen LogP contribution is 2.23. The summed E-state index contributed by atoms with van der Waals surface area (Å²) in [5.41, 5.74) is 8.78. The van der Waals surface area contributed by atoms with Crippen molar-refractivity contribution in [2.75, 3.05) is 18.4 Å². The van der Waals surface area contributed by atoms with E-state index in [1.54, 1.807) is 12.4 Å². The maximum atomic E-state index is 12.3. The largest absolute Gasteiger partial charge is 0.352 e. The Morgan fingerprint density at radius 2 is 2.19 bits per heavy atom. The van der Waals surface area contributed by atoms with E-state index in [1.807, 2.05) is 35.7 Å². The second-order valence-corrected chi connectivity index (χ2v) is 6.90. The van der Waals surface area contributed by atoms with Crippen LogP contribution in [0.15, 0.2) is 36.8 Å². The van der Waals surface area contributed by atoms with Gasteiger partial charge in [-0.1, -0.05) is 6.92 Å². The van der Waals surface area contributed by atoms with Gasteiger partial charge in [-0.15, -0.1) is 0 Å². The van der Waals surface area contributed by atoms with Gasteiger partial charge in [-0.3, -0.25) is 9.20 Å². The number of hydrogen-bond donors (Lipinski definition) is 3. The summed E-state index contributed by atoms with van der Waals surface area (Å²) in [4.78, 5) is 21.1. The van der Waals surface area contributed by atoms with Gasteiger partial charge in [-0.25, -0.2) is 9.97 Å². The first-order valence-corrected chi connectivity index (χ1v) is 9.57. The van der Waals surface area contributed by atoms with Crippen LogP contribution in [0.25, 0.3) is 5.65 Å². The number of nitrogens with one attached hydrogen (secondary N) is 2. The first-order chi connectivity index (χ1) is 12.6. The third-order valence-corrected chi connectivity index (χ3v) is 4.84. The van der Waals surface area contributed by atoms with E-state index in [2.05, 4.69) is 43.2 Å². The summed E-state index contributed by atoms with van der Waals surface area (Å²) in [6.07, 6.45) is 6.94. The quantitative estimate of drug-likeness (QED) is 0.369. The standard InChI is InChI=1S/C18H21IN6O/c1-2-12-10-13(4-5-14(12)18(26)22-7-3-6-20)24-16-17-23-11-15(19)25(17)9-8-21-16/h4-5,8-11H,2-3,6-7,20H2,1H3,(H,21,24)(H,22,26). The fourth-order valence-electron chi connectivity index (χ4n) is 2.70. The van der Waals surface area contributed by atoms with Gasteiger partial charge < -0.3 is 16.4 Å². The number of carbonyl (C=O) groups is 1. The van der Waals surface area contributed by atoms with E-state index >= 15 is 0 Å². The highest BCUT2D eigenvalue weighted by Gasteiger charge is 2.12. The van der Waals surface area contributed by atoms with E-state index in [9.17, 15) is 4.79 Å². The van der Waals surface area contributed by atoms with Crippen LogP contribution in [0.4, 0.5) is 11.5 Å². The van der Waals surface area contributed by atoms with Crippen LogP contribution in [0, 0.1) is 3.70 Å². The molecule has 2 aromatic heterocycles. The molecule has 0 fully saturated rings. The van der Waals surface area contributed by atoms with Crippen molar-refractivity contribution in [2.24, 2.45) is 5.73 Å². The van der Waals surface area contributed by atoms with Crippen molar-refractivity contribution in [2.45, 2.75) is 19.8 Å². The number of aryl methyl sites for hydroxylation is 1. The number of nitrogens with two attached hydrogens (primary N) is 1. The first-order valence-electron chi connectivity index (χ1n) is 8.49. The van der Waals surface area contributed by atoms with Crippen molar-refractivity contribution in [3.05, 3.63) is 51.6 Å². The second kappa shape index (κ2) is 8.45. The smallest absolute Gasteiger partial charge is 0.251 e. The molecule has 0 aliphatic rings. The summed E-state index contributed by atoms with van der Waals surface area (Å²) < 4.78 is 2.98. The van der Waals surface area contributed by atoms with Crippen molar-refractivity contribution < 1.29 is 4.79 Å². The lowest BCUT2D eigenvalue weighted by molar-refractivity contribution is 0.0952. The summed E-state index contributed by atoms with van der Waals surface area (Å²) in [6.45, 7) is 3.18. The summed E-state index contributed by atoms with van der Waals surface area (Å²) in [5.74, 6) is 0.613. The fraction of sp³-hybridized carbons (Fsp3) is 0.278.